The molecule has 1 amide bonds. The highest BCUT2D eigenvalue weighted by atomic mass is 35.5. The van der Waals surface area contributed by atoms with Gasteiger partial charge in [-0.05, 0) is 68.1 Å². The smallest absolute Gasteiger partial charge is 0.243 e. The van der Waals surface area contributed by atoms with Crippen LogP contribution in [0.2, 0.25) is 5.02 Å². The first-order valence-corrected chi connectivity index (χ1v) is 11.7. The number of ether oxygens (including phenoxy) is 1. The number of hydrogen-bond acceptors (Lipinski definition) is 4. The Kier molecular flexibility index (Phi) is 6.75. The SMILES string of the molecule is COc1ccc(S(=O)(=O)N2CCC[C@@H](C(=O)N(C)c3ccc(C)c(C)c3)C2)cc1Cl. The summed E-state index contributed by atoms with van der Waals surface area (Å²) in [5.74, 6) is -0.0582. The van der Waals surface area contributed by atoms with Crippen LogP contribution in [0.4, 0.5) is 5.69 Å². The Hall–Kier alpha value is -2.09. The molecule has 1 aliphatic rings. The molecule has 0 bridgehead atoms. The zero-order valence-corrected chi connectivity index (χ0v) is 19.3. The fourth-order valence-electron chi connectivity index (χ4n) is 3.65. The largest absolute Gasteiger partial charge is 0.495 e. The maximum atomic E-state index is 13.1. The lowest BCUT2D eigenvalue weighted by molar-refractivity contribution is -0.123. The molecule has 0 aromatic heterocycles. The van der Waals surface area contributed by atoms with Crippen LogP contribution in [0.15, 0.2) is 41.3 Å². The molecule has 1 atom stereocenters. The van der Waals surface area contributed by atoms with Crippen LogP contribution < -0.4 is 9.64 Å². The fourth-order valence-corrected chi connectivity index (χ4v) is 5.53. The number of hydrogen-bond donors (Lipinski definition) is 0. The van der Waals surface area contributed by atoms with Crippen molar-refractivity contribution >= 4 is 33.2 Å². The van der Waals surface area contributed by atoms with Crippen molar-refractivity contribution in [2.45, 2.75) is 31.6 Å². The number of carbonyl (C=O) groups is 1. The minimum Gasteiger partial charge on any atom is -0.495 e. The van der Waals surface area contributed by atoms with E-state index in [9.17, 15) is 13.2 Å². The van der Waals surface area contributed by atoms with Crippen LogP contribution in [0, 0.1) is 19.8 Å². The maximum Gasteiger partial charge on any atom is 0.243 e. The van der Waals surface area contributed by atoms with Crippen LogP contribution in [0.1, 0.15) is 24.0 Å². The van der Waals surface area contributed by atoms with E-state index >= 15 is 0 Å². The Morgan fingerprint density at radius 1 is 1.17 bits per heavy atom. The van der Waals surface area contributed by atoms with Gasteiger partial charge < -0.3 is 9.64 Å². The summed E-state index contributed by atoms with van der Waals surface area (Å²) < 4.78 is 32.7. The molecule has 1 saturated heterocycles. The third kappa shape index (κ3) is 4.48. The van der Waals surface area contributed by atoms with E-state index in [2.05, 4.69) is 0 Å². The molecule has 1 heterocycles. The fraction of sp³-hybridized carbons (Fsp3) is 0.409. The Morgan fingerprint density at radius 3 is 2.53 bits per heavy atom. The van der Waals surface area contributed by atoms with Crippen molar-refractivity contribution in [3.05, 3.63) is 52.5 Å². The van der Waals surface area contributed by atoms with Crippen molar-refractivity contribution in [2.24, 2.45) is 5.92 Å². The third-order valence-corrected chi connectivity index (χ3v) is 7.86. The quantitative estimate of drug-likeness (QED) is 0.689. The van der Waals surface area contributed by atoms with Crippen LogP contribution in [0.3, 0.4) is 0 Å². The number of benzene rings is 2. The van der Waals surface area contributed by atoms with Gasteiger partial charge in [0.25, 0.3) is 0 Å². The van der Waals surface area contributed by atoms with Crippen molar-refractivity contribution < 1.29 is 17.9 Å². The van der Waals surface area contributed by atoms with E-state index in [0.29, 0.717) is 25.1 Å². The summed E-state index contributed by atoms with van der Waals surface area (Å²) in [7, 11) is -0.542. The lowest BCUT2D eigenvalue weighted by Gasteiger charge is -2.33. The van der Waals surface area contributed by atoms with Gasteiger partial charge in [0.1, 0.15) is 5.75 Å². The summed E-state index contributed by atoms with van der Waals surface area (Å²) in [6, 6.07) is 10.3. The molecule has 1 aliphatic heterocycles. The number of sulfonamides is 1. The van der Waals surface area contributed by atoms with Crippen molar-refractivity contribution in [2.75, 3.05) is 32.1 Å². The highest BCUT2D eigenvalue weighted by Crippen LogP contribution is 2.31. The average Bonchev–Trinajstić information content (AvgIpc) is 2.74. The second-order valence-corrected chi connectivity index (χ2v) is 10.0. The van der Waals surface area contributed by atoms with E-state index in [1.807, 2.05) is 32.0 Å². The monoisotopic (exact) mass is 450 g/mol. The molecule has 6 nitrogen and oxygen atoms in total. The highest BCUT2D eigenvalue weighted by molar-refractivity contribution is 7.89. The van der Waals surface area contributed by atoms with Gasteiger partial charge in [0, 0.05) is 25.8 Å². The second-order valence-electron chi connectivity index (χ2n) is 7.66. The lowest BCUT2D eigenvalue weighted by atomic mass is 9.98. The number of anilines is 1. The topological polar surface area (TPSA) is 66.9 Å². The predicted molar refractivity (Wildman–Crippen MR) is 119 cm³/mol. The maximum absolute atomic E-state index is 13.1. The minimum atomic E-state index is -3.76. The summed E-state index contributed by atoms with van der Waals surface area (Å²) in [6.45, 7) is 4.56. The summed E-state index contributed by atoms with van der Waals surface area (Å²) in [6.07, 6.45) is 1.28. The summed E-state index contributed by atoms with van der Waals surface area (Å²) in [5.41, 5.74) is 3.08. The number of aryl methyl sites for hydroxylation is 2. The van der Waals surface area contributed by atoms with Gasteiger partial charge in [-0.3, -0.25) is 4.79 Å². The summed E-state index contributed by atoms with van der Waals surface area (Å²) >= 11 is 6.12. The van der Waals surface area contributed by atoms with E-state index < -0.39 is 15.9 Å². The average molecular weight is 451 g/mol. The first-order valence-electron chi connectivity index (χ1n) is 9.83. The lowest BCUT2D eigenvalue weighted by Crippen LogP contribution is -2.46. The molecule has 0 N–H and O–H groups in total. The number of nitrogens with zero attached hydrogens (tertiary/aromatic N) is 2. The molecule has 162 valence electrons. The van der Waals surface area contributed by atoms with Crippen LogP contribution in [0.25, 0.3) is 0 Å². The van der Waals surface area contributed by atoms with Crippen molar-refractivity contribution in [1.29, 1.82) is 0 Å². The molecule has 1 fully saturated rings. The van der Waals surface area contributed by atoms with Crippen LogP contribution in [0.5, 0.6) is 5.75 Å². The molecule has 0 aliphatic carbocycles. The molecule has 2 aromatic rings. The van der Waals surface area contributed by atoms with E-state index in [1.54, 1.807) is 11.9 Å². The van der Waals surface area contributed by atoms with Gasteiger partial charge in [0.05, 0.1) is 22.9 Å². The highest BCUT2D eigenvalue weighted by Gasteiger charge is 2.35. The molecule has 0 spiro atoms. The Bertz CT molecular complexity index is 1060. The van der Waals surface area contributed by atoms with Crippen molar-refractivity contribution in [3.63, 3.8) is 0 Å². The molecule has 30 heavy (non-hydrogen) atoms. The van der Waals surface area contributed by atoms with Gasteiger partial charge in [0.15, 0.2) is 0 Å². The number of methoxy groups -OCH3 is 1. The van der Waals surface area contributed by atoms with Gasteiger partial charge in [0.2, 0.25) is 15.9 Å². The Morgan fingerprint density at radius 2 is 1.90 bits per heavy atom. The Labute approximate surface area is 183 Å². The van der Waals surface area contributed by atoms with Gasteiger partial charge in [-0.1, -0.05) is 17.7 Å². The number of halogens is 1. The first kappa shape index (κ1) is 22.6. The zero-order valence-electron chi connectivity index (χ0n) is 17.7. The molecular formula is C22H27ClN2O4S. The van der Waals surface area contributed by atoms with Crippen molar-refractivity contribution in [3.8, 4) is 5.75 Å². The van der Waals surface area contributed by atoms with E-state index in [4.69, 9.17) is 16.3 Å². The summed E-state index contributed by atoms with van der Waals surface area (Å²) in [4.78, 5) is 14.8. The van der Waals surface area contributed by atoms with Crippen molar-refractivity contribution in [1.82, 2.24) is 4.31 Å². The number of amides is 1. The third-order valence-electron chi connectivity index (χ3n) is 5.70. The van der Waals surface area contributed by atoms with E-state index in [0.717, 1.165) is 16.8 Å². The standard InChI is InChI=1S/C22H27ClN2O4S/c1-15-7-8-18(12-16(15)2)24(3)22(26)17-6-5-11-25(14-17)30(27,28)19-9-10-21(29-4)20(23)13-19/h7-10,12-13,17H,5-6,11,14H2,1-4H3/t17-/m1/s1. The normalized spacial score (nSPS) is 17.6. The molecule has 8 heteroatoms. The minimum absolute atomic E-state index is 0.0779. The number of carbonyl (C=O) groups excluding carboxylic acids is 1. The van der Waals surface area contributed by atoms with Crippen LogP contribution in [-0.4, -0.2) is 45.9 Å². The van der Waals surface area contributed by atoms with E-state index in [-0.39, 0.29) is 22.4 Å². The number of piperidine rings is 1. The van der Waals surface area contributed by atoms with Gasteiger partial charge in [-0.25, -0.2) is 8.42 Å². The van der Waals surface area contributed by atoms with Crippen LogP contribution in [-0.2, 0) is 14.8 Å². The van der Waals surface area contributed by atoms with Gasteiger partial charge in [-0.2, -0.15) is 4.31 Å². The molecule has 3 rings (SSSR count). The van der Waals surface area contributed by atoms with E-state index in [1.165, 1.54) is 29.6 Å². The second kappa shape index (κ2) is 8.96. The number of rotatable bonds is 5. The Balaban J connectivity index is 1.79. The van der Waals surface area contributed by atoms with Gasteiger partial charge in [-0.15, -0.1) is 0 Å². The molecule has 0 radical (unpaired) electrons. The predicted octanol–water partition coefficient (Wildman–Crippen LogP) is 4.03. The van der Waals surface area contributed by atoms with Crippen LogP contribution >= 0.6 is 11.6 Å². The molecular weight excluding hydrogens is 424 g/mol. The summed E-state index contributed by atoms with van der Waals surface area (Å²) in [5, 5.41) is 0.234. The van der Waals surface area contributed by atoms with Gasteiger partial charge >= 0.3 is 0 Å². The zero-order chi connectivity index (χ0) is 22.1. The first-order chi connectivity index (χ1) is 14.1. The molecule has 0 saturated carbocycles. The molecule has 2 aromatic carbocycles. The molecule has 0 unspecified atom stereocenters.